The Hall–Kier alpha value is -4.22. The van der Waals surface area contributed by atoms with Gasteiger partial charge in [-0.15, -0.1) is 0 Å². The van der Waals surface area contributed by atoms with Crippen molar-refractivity contribution in [3.05, 3.63) is 89.6 Å². The summed E-state index contributed by atoms with van der Waals surface area (Å²) in [6, 6.07) is 14.5. The molecule has 8 nitrogen and oxygen atoms in total. The second-order valence-electron chi connectivity index (χ2n) is 9.20. The molecular weight excluding hydrogens is 523 g/mol. The van der Waals surface area contributed by atoms with Gasteiger partial charge in [0.05, 0.1) is 24.1 Å². The van der Waals surface area contributed by atoms with Gasteiger partial charge >= 0.3 is 6.18 Å². The van der Waals surface area contributed by atoms with Crippen LogP contribution in [-0.2, 0) is 15.7 Å². The normalized spacial score (nSPS) is 14.3. The Balaban J connectivity index is 1.30. The van der Waals surface area contributed by atoms with Gasteiger partial charge in [0.15, 0.2) is 0 Å². The Morgan fingerprint density at radius 2 is 1.77 bits per heavy atom. The maximum absolute atomic E-state index is 12.9. The molecule has 210 valence electrons. The highest BCUT2D eigenvalue weighted by atomic mass is 19.4. The lowest BCUT2D eigenvalue weighted by Gasteiger charge is -2.35. The standard InChI is InChI=1S/C29H30F3N5O3/c1-40-17-16-36-12-14-37(15-13-36)25-9-10-26(33-20-25)35-27(38)11-8-21-4-2-5-22(18-21)28(39)34-24-7-3-6-23(19-24)29(30,31)32/h2-11,18-20H,12-17H2,1H3,(H,34,39)(H,33,35,38). The van der Waals surface area contributed by atoms with E-state index >= 15 is 0 Å². The number of pyridine rings is 1. The molecule has 0 unspecified atom stereocenters. The van der Waals surface area contributed by atoms with Gasteiger partial charge in [-0.3, -0.25) is 14.5 Å². The first-order chi connectivity index (χ1) is 19.2. The molecule has 3 aromatic rings. The quantitative estimate of drug-likeness (QED) is 0.371. The van der Waals surface area contributed by atoms with Crippen LogP contribution in [0.3, 0.4) is 0 Å². The van der Waals surface area contributed by atoms with E-state index in [-0.39, 0.29) is 11.3 Å². The molecule has 4 rings (SSSR count). The van der Waals surface area contributed by atoms with Gasteiger partial charge in [0.25, 0.3) is 5.91 Å². The Bertz CT molecular complexity index is 1340. The molecular formula is C29H30F3N5O3. The number of carbonyl (C=O) groups excluding carboxylic acids is 2. The Kier molecular flexibility index (Phi) is 9.52. The molecule has 2 amide bonds. The molecule has 2 N–H and O–H groups in total. The number of hydrogen-bond acceptors (Lipinski definition) is 6. The number of nitrogens with zero attached hydrogens (tertiary/aromatic N) is 3. The zero-order valence-corrected chi connectivity index (χ0v) is 21.9. The maximum atomic E-state index is 12.9. The first-order valence-electron chi connectivity index (χ1n) is 12.7. The lowest BCUT2D eigenvalue weighted by molar-refractivity contribution is -0.137. The number of rotatable bonds is 9. The van der Waals surface area contributed by atoms with E-state index in [0.717, 1.165) is 50.5 Å². The van der Waals surface area contributed by atoms with E-state index < -0.39 is 23.6 Å². The minimum Gasteiger partial charge on any atom is -0.383 e. The maximum Gasteiger partial charge on any atom is 0.416 e. The number of halogens is 3. The van der Waals surface area contributed by atoms with Crippen molar-refractivity contribution in [1.82, 2.24) is 9.88 Å². The molecule has 2 heterocycles. The molecule has 0 radical (unpaired) electrons. The largest absolute Gasteiger partial charge is 0.416 e. The number of nitrogens with one attached hydrogen (secondary N) is 2. The molecule has 1 saturated heterocycles. The predicted octanol–water partition coefficient (Wildman–Crippen LogP) is 4.77. The third-order valence-corrected chi connectivity index (χ3v) is 6.37. The third-order valence-electron chi connectivity index (χ3n) is 6.37. The van der Waals surface area contributed by atoms with Crippen LogP contribution >= 0.6 is 0 Å². The second-order valence-corrected chi connectivity index (χ2v) is 9.20. The van der Waals surface area contributed by atoms with Crippen LogP contribution in [0.25, 0.3) is 6.08 Å². The summed E-state index contributed by atoms with van der Waals surface area (Å²) < 4.78 is 44.0. The molecule has 1 fully saturated rings. The first-order valence-corrected chi connectivity index (χ1v) is 12.7. The molecule has 1 aliphatic heterocycles. The van der Waals surface area contributed by atoms with E-state index in [1.807, 2.05) is 6.07 Å². The zero-order chi connectivity index (χ0) is 28.5. The molecule has 1 aliphatic rings. The van der Waals surface area contributed by atoms with Gasteiger partial charge in [0, 0.05) is 57.2 Å². The first kappa shape index (κ1) is 28.8. The van der Waals surface area contributed by atoms with Crippen LogP contribution in [-0.4, -0.2) is 68.1 Å². The van der Waals surface area contributed by atoms with E-state index in [4.69, 9.17) is 4.74 Å². The second kappa shape index (κ2) is 13.2. The average molecular weight is 554 g/mol. The average Bonchev–Trinajstić information content (AvgIpc) is 2.95. The lowest BCUT2D eigenvalue weighted by Crippen LogP contribution is -2.47. The van der Waals surface area contributed by atoms with Crippen molar-refractivity contribution < 1.29 is 27.5 Å². The van der Waals surface area contributed by atoms with Crippen LogP contribution in [0.5, 0.6) is 0 Å². The summed E-state index contributed by atoms with van der Waals surface area (Å²) in [6.45, 7) is 5.29. The van der Waals surface area contributed by atoms with Gasteiger partial charge in [-0.05, 0) is 54.1 Å². The highest BCUT2D eigenvalue weighted by Gasteiger charge is 2.30. The van der Waals surface area contributed by atoms with E-state index in [9.17, 15) is 22.8 Å². The zero-order valence-electron chi connectivity index (χ0n) is 21.9. The summed E-state index contributed by atoms with van der Waals surface area (Å²) in [7, 11) is 1.70. The smallest absolute Gasteiger partial charge is 0.383 e. The van der Waals surface area contributed by atoms with Crippen LogP contribution in [0.2, 0.25) is 0 Å². The number of hydrogen-bond donors (Lipinski definition) is 2. The molecule has 2 aromatic carbocycles. The number of alkyl halides is 3. The fourth-order valence-corrected chi connectivity index (χ4v) is 4.20. The van der Waals surface area contributed by atoms with Crippen molar-refractivity contribution in [2.45, 2.75) is 6.18 Å². The van der Waals surface area contributed by atoms with E-state index in [1.165, 1.54) is 36.4 Å². The number of benzene rings is 2. The van der Waals surface area contributed by atoms with Crippen molar-refractivity contribution in [1.29, 1.82) is 0 Å². The highest BCUT2D eigenvalue weighted by Crippen LogP contribution is 2.30. The highest BCUT2D eigenvalue weighted by molar-refractivity contribution is 6.05. The molecule has 1 aromatic heterocycles. The van der Waals surface area contributed by atoms with Crippen molar-refractivity contribution in [3.8, 4) is 0 Å². The van der Waals surface area contributed by atoms with Crippen LogP contribution in [0.15, 0.2) is 72.9 Å². The van der Waals surface area contributed by atoms with Crippen molar-refractivity contribution in [2.75, 3.05) is 62.0 Å². The summed E-state index contributed by atoms with van der Waals surface area (Å²) in [5.74, 6) is -0.558. The molecule has 0 spiro atoms. The van der Waals surface area contributed by atoms with Gasteiger partial charge < -0.3 is 20.3 Å². The number of piperazine rings is 1. The van der Waals surface area contributed by atoms with Crippen LogP contribution in [0.4, 0.5) is 30.4 Å². The number of amides is 2. The summed E-state index contributed by atoms with van der Waals surface area (Å²) >= 11 is 0. The Morgan fingerprint density at radius 3 is 2.48 bits per heavy atom. The minimum absolute atomic E-state index is 0.0306. The fourth-order valence-electron chi connectivity index (χ4n) is 4.20. The summed E-state index contributed by atoms with van der Waals surface area (Å²) in [6.07, 6.45) is 0.0761. The Labute approximate surface area is 230 Å². The van der Waals surface area contributed by atoms with Crippen molar-refractivity contribution >= 4 is 35.1 Å². The lowest BCUT2D eigenvalue weighted by atomic mass is 10.1. The number of aromatic nitrogens is 1. The fraction of sp³-hybridized carbons (Fsp3) is 0.276. The molecule has 0 saturated carbocycles. The molecule has 0 aliphatic carbocycles. The number of anilines is 3. The minimum atomic E-state index is -4.51. The molecule has 40 heavy (non-hydrogen) atoms. The SMILES string of the molecule is COCCN1CCN(c2ccc(NC(=O)C=Cc3cccc(C(=O)Nc4cccc(C(F)(F)F)c4)c3)nc2)CC1. The third kappa shape index (κ3) is 8.14. The van der Waals surface area contributed by atoms with Gasteiger partial charge in [0.2, 0.25) is 5.91 Å². The van der Waals surface area contributed by atoms with Gasteiger partial charge in [-0.1, -0.05) is 18.2 Å². The molecule has 0 bridgehead atoms. The van der Waals surface area contributed by atoms with Crippen LogP contribution < -0.4 is 15.5 Å². The van der Waals surface area contributed by atoms with Crippen molar-refractivity contribution in [3.63, 3.8) is 0 Å². The topological polar surface area (TPSA) is 86.8 Å². The van der Waals surface area contributed by atoms with Gasteiger partial charge in [0.1, 0.15) is 5.82 Å². The predicted molar refractivity (Wildman–Crippen MR) is 148 cm³/mol. The van der Waals surface area contributed by atoms with E-state index in [2.05, 4.69) is 25.4 Å². The van der Waals surface area contributed by atoms with Gasteiger partial charge in [-0.2, -0.15) is 13.2 Å². The van der Waals surface area contributed by atoms with Crippen molar-refractivity contribution in [2.24, 2.45) is 0 Å². The number of carbonyl (C=O) groups is 2. The summed E-state index contributed by atoms with van der Waals surface area (Å²) in [5.41, 5.74) is 0.966. The van der Waals surface area contributed by atoms with Crippen LogP contribution in [0.1, 0.15) is 21.5 Å². The van der Waals surface area contributed by atoms with Gasteiger partial charge in [-0.25, -0.2) is 4.98 Å². The summed E-state index contributed by atoms with van der Waals surface area (Å²) in [5, 5.41) is 5.18. The monoisotopic (exact) mass is 553 g/mol. The number of methoxy groups -OCH3 is 1. The summed E-state index contributed by atoms with van der Waals surface area (Å²) in [4.78, 5) is 34.0. The molecule has 0 atom stereocenters. The molecule has 11 heteroatoms. The number of ether oxygens (including phenoxy) is 1. The van der Waals surface area contributed by atoms with Crippen LogP contribution in [0, 0.1) is 0 Å². The van der Waals surface area contributed by atoms with E-state index in [1.54, 1.807) is 31.5 Å². The Morgan fingerprint density at radius 1 is 1.00 bits per heavy atom. The van der Waals surface area contributed by atoms with E-state index in [0.29, 0.717) is 18.0 Å².